The lowest BCUT2D eigenvalue weighted by molar-refractivity contribution is 0.305. The number of nitrogens with one attached hydrogen (secondary N) is 1. The number of aromatic amines is 1. The molecule has 0 fully saturated rings. The van der Waals surface area contributed by atoms with Crippen LogP contribution in [0.15, 0.2) is 23.4 Å². The van der Waals surface area contributed by atoms with Crippen LogP contribution >= 0.6 is 18.1 Å². The quantitative estimate of drug-likeness (QED) is 0.451. The Morgan fingerprint density at radius 2 is 2.39 bits per heavy atom. The summed E-state index contributed by atoms with van der Waals surface area (Å²) in [6.07, 6.45) is 4.41. The van der Waals surface area contributed by atoms with Crippen LogP contribution in [0.3, 0.4) is 0 Å². The average Bonchev–Trinajstić information content (AvgIpc) is 2.87. The summed E-state index contributed by atoms with van der Waals surface area (Å²) in [6, 6.07) is 3.78. The minimum atomic E-state index is -2.91. The molecule has 1 aromatic rings. The second-order valence-electron chi connectivity index (χ2n) is 3.58. The van der Waals surface area contributed by atoms with Gasteiger partial charge in [0.25, 0.3) is 0 Å². The maximum absolute atomic E-state index is 12.6. The van der Waals surface area contributed by atoms with Crippen LogP contribution in [0, 0.1) is 0 Å². The second kappa shape index (κ2) is 7.67. The van der Waals surface area contributed by atoms with Crippen molar-refractivity contribution in [1.82, 2.24) is 9.76 Å². The third-order valence-electron chi connectivity index (χ3n) is 2.09. The molecule has 102 valence electrons. The summed E-state index contributed by atoms with van der Waals surface area (Å²) in [7, 11) is 1.68. The maximum Gasteiger partial charge on any atom is 0.368 e. The summed E-state index contributed by atoms with van der Waals surface area (Å²) in [5, 5.41) is 4.18. The van der Waals surface area contributed by atoms with Gasteiger partial charge in [-0.2, -0.15) is 5.10 Å². The molecule has 0 bridgehead atoms. The van der Waals surface area contributed by atoms with E-state index in [1.165, 1.54) is 16.2 Å². The Hall–Kier alpha value is -0.710. The summed E-state index contributed by atoms with van der Waals surface area (Å²) in [4.78, 5) is 3.01. The van der Waals surface area contributed by atoms with Crippen molar-refractivity contribution in [1.29, 1.82) is 0 Å². The predicted molar refractivity (Wildman–Crippen MR) is 78.1 cm³/mol. The highest BCUT2D eigenvalue weighted by Gasteiger charge is 2.28. The van der Waals surface area contributed by atoms with Gasteiger partial charge in [0, 0.05) is 19.0 Å². The Morgan fingerprint density at radius 3 is 2.94 bits per heavy atom. The summed E-state index contributed by atoms with van der Waals surface area (Å²) in [5.41, 5.74) is 0.866. The third-order valence-corrected chi connectivity index (χ3v) is 6.96. The van der Waals surface area contributed by atoms with E-state index in [2.05, 4.69) is 10.1 Å². The van der Waals surface area contributed by atoms with Crippen LogP contribution in [0.4, 0.5) is 0 Å². The van der Waals surface area contributed by atoms with Crippen molar-refractivity contribution in [2.24, 2.45) is 5.10 Å². The van der Waals surface area contributed by atoms with Gasteiger partial charge in [0.05, 0.1) is 18.5 Å². The van der Waals surface area contributed by atoms with E-state index in [-0.39, 0.29) is 0 Å². The molecular weight excluding hydrogens is 269 g/mol. The van der Waals surface area contributed by atoms with E-state index in [0.717, 1.165) is 17.9 Å². The van der Waals surface area contributed by atoms with E-state index in [1.807, 2.05) is 32.2 Å². The molecule has 1 aromatic heterocycles. The first-order valence-electron chi connectivity index (χ1n) is 5.93. The van der Waals surface area contributed by atoms with E-state index in [9.17, 15) is 4.57 Å². The van der Waals surface area contributed by atoms with Crippen molar-refractivity contribution < 1.29 is 9.09 Å². The van der Waals surface area contributed by atoms with Gasteiger partial charge in [-0.1, -0.05) is 6.92 Å². The van der Waals surface area contributed by atoms with Gasteiger partial charge in [-0.25, -0.2) is 4.78 Å². The topological polar surface area (TPSA) is 57.7 Å². The molecule has 1 heterocycles. The molecule has 1 rings (SSSR count). The van der Waals surface area contributed by atoms with E-state index in [4.69, 9.17) is 4.52 Å². The van der Waals surface area contributed by atoms with E-state index >= 15 is 0 Å². The first kappa shape index (κ1) is 15.3. The number of aromatic nitrogens is 1. The molecule has 7 heteroatoms. The van der Waals surface area contributed by atoms with Crippen LogP contribution in [0.2, 0.25) is 0 Å². The fourth-order valence-corrected chi connectivity index (χ4v) is 4.94. The van der Waals surface area contributed by atoms with Crippen molar-refractivity contribution in [3.8, 4) is 0 Å². The Labute approximate surface area is 112 Å². The normalized spacial score (nSPS) is 14.8. The molecule has 0 saturated carbocycles. The summed E-state index contributed by atoms with van der Waals surface area (Å²) in [5.74, 6) is 0.791. The molecule has 0 aliphatic rings. The number of nitrogens with zero attached hydrogens (tertiary/aromatic N) is 2. The smallest absolute Gasteiger partial charge is 0.360 e. The molecule has 0 aliphatic carbocycles. The Morgan fingerprint density at radius 1 is 1.61 bits per heavy atom. The zero-order valence-electron chi connectivity index (χ0n) is 11.0. The largest absolute Gasteiger partial charge is 0.368 e. The zero-order chi connectivity index (χ0) is 13.4. The lowest BCUT2D eigenvalue weighted by Gasteiger charge is -2.23. The molecule has 0 saturated heterocycles. The lowest BCUT2D eigenvalue weighted by atomic mass is 10.5. The lowest BCUT2D eigenvalue weighted by Crippen LogP contribution is -2.09. The van der Waals surface area contributed by atoms with Gasteiger partial charge in [-0.05, 0) is 36.9 Å². The molecule has 0 aliphatic heterocycles. The average molecular weight is 289 g/mol. The molecule has 18 heavy (non-hydrogen) atoms. The minimum absolute atomic E-state index is 0.413. The highest BCUT2D eigenvalue weighted by atomic mass is 32.7. The highest BCUT2D eigenvalue weighted by molar-refractivity contribution is 8.55. The molecule has 1 atom stereocenters. The van der Waals surface area contributed by atoms with Gasteiger partial charge >= 0.3 is 6.72 Å². The molecule has 5 nitrogen and oxygen atoms in total. The summed E-state index contributed by atoms with van der Waals surface area (Å²) < 4.78 is 19.4. The molecule has 1 unspecified atom stereocenters. The number of hydrazone groups is 1. The minimum Gasteiger partial charge on any atom is -0.360 e. The van der Waals surface area contributed by atoms with Gasteiger partial charge in [-0.15, -0.1) is 0 Å². The van der Waals surface area contributed by atoms with Crippen molar-refractivity contribution in [3.05, 3.63) is 24.0 Å². The number of H-pyrrole nitrogens is 1. The van der Waals surface area contributed by atoms with Gasteiger partial charge in [0.15, 0.2) is 0 Å². The third kappa shape index (κ3) is 4.52. The van der Waals surface area contributed by atoms with Crippen molar-refractivity contribution in [2.75, 3.05) is 19.4 Å². The summed E-state index contributed by atoms with van der Waals surface area (Å²) in [6.45, 7) is 1.39. The molecule has 0 radical (unpaired) electrons. The fourth-order valence-electron chi connectivity index (χ4n) is 1.21. The van der Waals surface area contributed by atoms with E-state index < -0.39 is 6.72 Å². The fraction of sp³-hybridized carbons (Fsp3) is 0.545. The number of hydrogen-bond acceptors (Lipinski definition) is 4. The van der Waals surface area contributed by atoms with E-state index in [1.54, 1.807) is 13.3 Å². The van der Waals surface area contributed by atoms with Crippen molar-refractivity contribution in [2.45, 2.75) is 20.3 Å². The Bertz CT molecular complexity index is 408. The molecule has 0 amide bonds. The van der Waals surface area contributed by atoms with Gasteiger partial charge in [-0.3, -0.25) is 4.57 Å². The van der Waals surface area contributed by atoms with Crippen LogP contribution in [0.25, 0.3) is 0 Å². The number of hydrogen-bond donors (Lipinski definition) is 1. The number of rotatable bonds is 8. The van der Waals surface area contributed by atoms with Crippen LogP contribution in [0.5, 0.6) is 0 Å². The van der Waals surface area contributed by atoms with Crippen molar-refractivity contribution in [3.63, 3.8) is 0 Å². The second-order valence-corrected chi connectivity index (χ2v) is 8.18. The Kier molecular flexibility index (Phi) is 6.54. The van der Waals surface area contributed by atoms with Crippen molar-refractivity contribution >= 4 is 24.3 Å². The van der Waals surface area contributed by atoms with Crippen LogP contribution in [-0.4, -0.2) is 35.4 Å². The van der Waals surface area contributed by atoms with Crippen LogP contribution in [0.1, 0.15) is 26.0 Å². The van der Waals surface area contributed by atoms with Crippen LogP contribution in [-0.2, 0) is 9.09 Å². The molecule has 1 N–H and O–H groups in total. The first-order chi connectivity index (χ1) is 8.62. The molecular formula is C11H20N3O2PS. The first-order valence-corrected chi connectivity index (χ1v) is 9.10. The maximum atomic E-state index is 12.6. The van der Waals surface area contributed by atoms with Crippen LogP contribution < -0.4 is 0 Å². The van der Waals surface area contributed by atoms with E-state index in [0.29, 0.717) is 6.61 Å². The SMILES string of the molecule is CCCSP(=O)(OCC)N(C)/N=C/c1ccc[nH]1. The standard InChI is InChI=1S/C11H20N3O2PS/c1-4-9-18-17(15,16-5-2)14(3)13-10-11-7-6-8-12-11/h6-8,10,12H,4-5,9H2,1-3H3/b13-10+. The van der Waals surface area contributed by atoms with Gasteiger partial charge in [0.2, 0.25) is 0 Å². The molecule has 0 spiro atoms. The highest BCUT2D eigenvalue weighted by Crippen LogP contribution is 2.61. The zero-order valence-corrected chi connectivity index (χ0v) is 12.7. The Balaban J connectivity index is 2.69. The predicted octanol–water partition coefficient (Wildman–Crippen LogP) is 3.57. The molecule has 0 aromatic carbocycles. The monoisotopic (exact) mass is 289 g/mol. The van der Waals surface area contributed by atoms with Gasteiger partial charge in [0.1, 0.15) is 0 Å². The van der Waals surface area contributed by atoms with Gasteiger partial charge < -0.3 is 9.51 Å². The summed E-state index contributed by atoms with van der Waals surface area (Å²) >= 11 is 1.33.